The van der Waals surface area contributed by atoms with E-state index in [1.807, 2.05) is 0 Å². The molecule has 12 nitrogen and oxygen atoms in total. The fourth-order valence-electron chi connectivity index (χ4n) is 4.33. The number of aromatic nitrogens is 4. The van der Waals surface area contributed by atoms with E-state index in [4.69, 9.17) is 5.11 Å². The number of carboxylic acids is 1. The first-order chi connectivity index (χ1) is 18.6. The van der Waals surface area contributed by atoms with Gasteiger partial charge >= 0.3 is 5.97 Å². The highest BCUT2D eigenvalue weighted by molar-refractivity contribution is 5.99. The second kappa shape index (κ2) is 11.7. The molecule has 0 fully saturated rings. The van der Waals surface area contributed by atoms with Crippen molar-refractivity contribution >= 4 is 45.5 Å². The summed E-state index contributed by atoms with van der Waals surface area (Å²) < 4.78 is 18.5. The van der Waals surface area contributed by atoms with Crippen LogP contribution in [0, 0.1) is 5.82 Å². The van der Waals surface area contributed by atoms with Gasteiger partial charge in [-0.25, -0.2) is 4.39 Å². The van der Waals surface area contributed by atoms with E-state index in [1.54, 1.807) is 42.2 Å². The number of rotatable bonds is 11. The molecular weight excluding hydrogens is 509 g/mol. The van der Waals surface area contributed by atoms with Gasteiger partial charge in [0.25, 0.3) is 0 Å². The highest BCUT2D eigenvalue weighted by atomic mass is 19.1. The summed E-state index contributed by atoms with van der Waals surface area (Å²) >= 11 is 0. The Morgan fingerprint density at radius 2 is 1.77 bits per heavy atom. The van der Waals surface area contributed by atoms with Gasteiger partial charge in [0.05, 0.1) is 29.5 Å². The number of fused-ring (bicyclic) bond motifs is 2. The second-order valence-corrected chi connectivity index (χ2v) is 9.00. The van der Waals surface area contributed by atoms with Crippen LogP contribution in [0.15, 0.2) is 36.5 Å². The molecule has 0 aliphatic heterocycles. The third-order valence-electron chi connectivity index (χ3n) is 6.12. The van der Waals surface area contributed by atoms with Gasteiger partial charge in [-0.3, -0.25) is 28.5 Å². The van der Waals surface area contributed by atoms with Crippen LogP contribution in [0.2, 0.25) is 0 Å². The molecule has 0 spiro atoms. The molecule has 204 valence electrons. The Morgan fingerprint density at radius 3 is 2.51 bits per heavy atom. The number of amides is 3. The quantitative estimate of drug-likeness (QED) is 0.209. The predicted molar refractivity (Wildman–Crippen MR) is 140 cm³/mol. The number of benzene rings is 2. The molecule has 3 amide bonds. The molecule has 0 saturated heterocycles. The number of nitrogens with zero attached hydrogens (tertiary/aromatic N) is 4. The number of aryl methyl sites for hydroxylation is 2. The molecule has 39 heavy (non-hydrogen) atoms. The largest absolute Gasteiger partial charge is 0.480 e. The van der Waals surface area contributed by atoms with Crippen LogP contribution in [-0.4, -0.2) is 68.0 Å². The average Bonchev–Trinajstić information content (AvgIpc) is 3.43. The number of carbonyl (C=O) groups excluding carboxylic acids is 3. The molecule has 0 aliphatic carbocycles. The molecule has 13 heteroatoms. The minimum atomic E-state index is -1.20. The molecule has 2 heterocycles. The maximum Gasteiger partial charge on any atom is 0.322 e. The van der Waals surface area contributed by atoms with Crippen molar-refractivity contribution in [3.8, 4) is 11.1 Å². The minimum absolute atomic E-state index is 0.151. The molecule has 0 saturated carbocycles. The smallest absolute Gasteiger partial charge is 0.322 e. The van der Waals surface area contributed by atoms with E-state index in [-0.39, 0.29) is 12.5 Å². The van der Waals surface area contributed by atoms with Crippen LogP contribution < -0.4 is 16.0 Å². The van der Waals surface area contributed by atoms with Gasteiger partial charge in [0.15, 0.2) is 0 Å². The fourth-order valence-corrected chi connectivity index (χ4v) is 4.33. The van der Waals surface area contributed by atoms with E-state index in [1.165, 1.54) is 17.7 Å². The number of halogens is 1. The van der Waals surface area contributed by atoms with Crippen LogP contribution in [0.25, 0.3) is 32.9 Å². The van der Waals surface area contributed by atoms with Crippen LogP contribution in [0.4, 0.5) is 4.39 Å². The zero-order valence-corrected chi connectivity index (χ0v) is 21.5. The van der Waals surface area contributed by atoms with Crippen molar-refractivity contribution < 1.29 is 28.7 Å². The highest BCUT2D eigenvalue weighted by Gasteiger charge is 2.20. The van der Waals surface area contributed by atoms with E-state index in [0.29, 0.717) is 52.5 Å². The molecule has 4 rings (SSSR count). The second-order valence-electron chi connectivity index (χ2n) is 9.00. The fraction of sp³-hybridized carbons (Fsp3) is 0.308. The number of hydrogen-bond acceptors (Lipinski definition) is 6. The zero-order valence-electron chi connectivity index (χ0n) is 21.5. The van der Waals surface area contributed by atoms with Crippen LogP contribution in [0.1, 0.15) is 19.0 Å². The SMILES string of the molecule is CC(=O)NCCCc1nn(CC(=O)NCC(=O)NCC(=O)O)c2cccc(-c3cc4c(cnn4C)cc3F)c12. The first-order valence-corrected chi connectivity index (χ1v) is 12.2. The summed E-state index contributed by atoms with van der Waals surface area (Å²) in [5.41, 5.74) is 2.93. The van der Waals surface area contributed by atoms with Crippen LogP contribution >= 0.6 is 0 Å². The Bertz CT molecular complexity index is 1580. The molecule has 0 atom stereocenters. The van der Waals surface area contributed by atoms with Gasteiger partial charge in [-0.15, -0.1) is 0 Å². The summed E-state index contributed by atoms with van der Waals surface area (Å²) in [7, 11) is 1.77. The Labute approximate surface area is 222 Å². The van der Waals surface area contributed by atoms with Crippen molar-refractivity contribution in [2.45, 2.75) is 26.3 Å². The zero-order chi connectivity index (χ0) is 28.1. The van der Waals surface area contributed by atoms with Crippen LogP contribution in [0.3, 0.4) is 0 Å². The van der Waals surface area contributed by atoms with Gasteiger partial charge in [-0.2, -0.15) is 10.2 Å². The molecule has 2 aromatic carbocycles. The van der Waals surface area contributed by atoms with Crippen molar-refractivity contribution in [2.75, 3.05) is 19.6 Å². The van der Waals surface area contributed by atoms with Crippen molar-refractivity contribution in [1.82, 2.24) is 35.5 Å². The Balaban J connectivity index is 1.67. The average molecular weight is 538 g/mol. The van der Waals surface area contributed by atoms with Gasteiger partial charge in [0.1, 0.15) is 18.9 Å². The van der Waals surface area contributed by atoms with Crippen molar-refractivity contribution in [2.24, 2.45) is 7.05 Å². The molecule has 0 bridgehead atoms. The van der Waals surface area contributed by atoms with E-state index in [0.717, 1.165) is 5.52 Å². The molecular formula is C26H28FN7O5. The Kier molecular flexibility index (Phi) is 8.18. The van der Waals surface area contributed by atoms with E-state index < -0.39 is 36.7 Å². The molecule has 2 aromatic heterocycles. The minimum Gasteiger partial charge on any atom is -0.480 e. The summed E-state index contributed by atoms with van der Waals surface area (Å²) in [4.78, 5) is 46.3. The number of carboxylic acid groups (broad SMARTS) is 1. The van der Waals surface area contributed by atoms with Gasteiger partial charge < -0.3 is 21.1 Å². The first kappa shape index (κ1) is 27.2. The topological polar surface area (TPSA) is 160 Å². The molecule has 0 unspecified atom stereocenters. The van der Waals surface area contributed by atoms with Crippen LogP contribution in [0.5, 0.6) is 0 Å². The van der Waals surface area contributed by atoms with E-state index in [2.05, 4.69) is 26.1 Å². The normalized spacial score (nSPS) is 11.1. The van der Waals surface area contributed by atoms with Gasteiger partial charge in [0.2, 0.25) is 17.7 Å². The lowest BCUT2D eigenvalue weighted by Crippen LogP contribution is -2.40. The van der Waals surface area contributed by atoms with Crippen molar-refractivity contribution in [1.29, 1.82) is 0 Å². The number of nitrogens with one attached hydrogen (secondary N) is 3. The van der Waals surface area contributed by atoms with Crippen molar-refractivity contribution in [3.63, 3.8) is 0 Å². The predicted octanol–water partition coefficient (Wildman–Crippen LogP) is 1.11. The lowest BCUT2D eigenvalue weighted by Gasteiger charge is -2.09. The third-order valence-corrected chi connectivity index (χ3v) is 6.12. The summed E-state index contributed by atoms with van der Waals surface area (Å²) in [5.74, 6) is -2.93. The molecule has 4 aromatic rings. The highest BCUT2D eigenvalue weighted by Crippen LogP contribution is 2.35. The summed E-state index contributed by atoms with van der Waals surface area (Å²) in [6.45, 7) is 0.689. The molecule has 0 aliphatic rings. The summed E-state index contributed by atoms with van der Waals surface area (Å²) in [6.07, 6.45) is 2.61. The van der Waals surface area contributed by atoms with Gasteiger partial charge in [-0.1, -0.05) is 12.1 Å². The lowest BCUT2D eigenvalue weighted by molar-refractivity contribution is -0.137. The van der Waals surface area contributed by atoms with Crippen molar-refractivity contribution in [3.05, 3.63) is 48.0 Å². The maximum absolute atomic E-state index is 15.3. The third kappa shape index (κ3) is 6.37. The standard InChI is InChI=1S/C26H28FN7O5/c1-15(35)28-8-4-6-20-26-17(18-10-22-16(9-19(18)27)11-31-33(22)2)5-3-7-21(26)34(32-20)14-24(37)29-12-23(36)30-13-25(38)39/h3,5,7,9-11H,4,6,8,12-14H2,1-2H3,(H,28,35)(H,29,37)(H,30,36)(H,38,39). The Morgan fingerprint density at radius 1 is 1.00 bits per heavy atom. The van der Waals surface area contributed by atoms with Crippen LogP contribution in [-0.2, 0) is 39.2 Å². The van der Waals surface area contributed by atoms with E-state index >= 15 is 4.39 Å². The first-order valence-electron chi connectivity index (χ1n) is 12.2. The monoisotopic (exact) mass is 537 g/mol. The lowest BCUT2D eigenvalue weighted by atomic mass is 9.97. The molecule has 4 N–H and O–H groups in total. The Hall–Kier alpha value is -4.81. The molecule has 0 radical (unpaired) electrons. The maximum atomic E-state index is 15.3. The number of aliphatic carboxylic acids is 1. The number of carbonyl (C=O) groups is 4. The summed E-state index contributed by atoms with van der Waals surface area (Å²) in [5, 5.41) is 26.2. The van der Waals surface area contributed by atoms with Gasteiger partial charge in [0, 0.05) is 36.9 Å². The van der Waals surface area contributed by atoms with Gasteiger partial charge in [-0.05, 0) is 36.6 Å². The summed E-state index contributed by atoms with van der Waals surface area (Å²) in [6, 6.07) is 8.48. The number of hydrogen-bond donors (Lipinski definition) is 4. The van der Waals surface area contributed by atoms with E-state index in [9.17, 15) is 19.2 Å².